The maximum Gasteiger partial charge on any atom is 0.120 e. The second kappa shape index (κ2) is 9.96. The smallest absolute Gasteiger partial charge is 0.120 e. The minimum absolute atomic E-state index is 0. The zero-order valence-electron chi connectivity index (χ0n) is 15.4. The normalized spacial score (nSPS) is 15.3. The predicted octanol–water partition coefficient (Wildman–Crippen LogP) is 5.65. The lowest BCUT2D eigenvalue weighted by Crippen LogP contribution is -2.45. The van der Waals surface area contributed by atoms with Crippen molar-refractivity contribution >= 4 is 45.3 Å². The summed E-state index contributed by atoms with van der Waals surface area (Å²) in [6, 6.07) is 18.6. The van der Waals surface area contributed by atoms with E-state index >= 15 is 0 Å². The Hall–Kier alpha value is -1.28. The number of halogens is 1. The van der Waals surface area contributed by atoms with Gasteiger partial charge in [0, 0.05) is 49.7 Å². The van der Waals surface area contributed by atoms with Crippen molar-refractivity contribution in [3.8, 4) is 16.2 Å². The summed E-state index contributed by atoms with van der Waals surface area (Å²) in [7, 11) is 3.32. The minimum atomic E-state index is 0. The van der Waals surface area contributed by atoms with Crippen molar-refractivity contribution in [1.29, 1.82) is 0 Å². The average Bonchev–Trinajstić information content (AvgIpc) is 3.12. The van der Waals surface area contributed by atoms with Crippen LogP contribution in [0.15, 0.2) is 54.6 Å². The van der Waals surface area contributed by atoms with Crippen LogP contribution in [-0.2, 0) is 13.1 Å². The van der Waals surface area contributed by atoms with Crippen LogP contribution in [0.3, 0.4) is 0 Å². The molecule has 1 fully saturated rings. The predicted molar refractivity (Wildman–Crippen MR) is 124 cm³/mol. The van der Waals surface area contributed by atoms with Crippen molar-refractivity contribution in [2.45, 2.75) is 13.1 Å². The van der Waals surface area contributed by atoms with Crippen LogP contribution in [0, 0.1) is 3.82 Å². The molecule has 0 atom stereocenters. The van der Waals surface area contributed by atoms with Crippen molar-refractivity contribution in [3.05, 3.63) is 69.5 Å². The van der Waals surface area contributed by atoms with E-state index in [1.165, 1.54) is 10.4 Å². The Kier molecular flexibility index (Phi) is 7.62. The van der Waals surface area contributed by atoms with Crippen molar-refractivity contribution in [1.82, 2.24) is 9.80 Å². The van der Waals surface area contributed by atoms with Gasteiger partial charge in [-0.3, -0.25) is 9.80 Å². The van der Waals surface area contributed by atoms with Crippen LogP contribution < -0.4 is 0 Å². The molecule has 1 aromatic heterocycles. The number of piperazine rings is 1. The zero-order valence-corrected chi connectivity index (χ0v) is 18.7. The summed E-state index contributed by atoms with van der Waals surface area (Å²) in [5.74, 6) is 0.379. The SMILES string of the molecule is Cl.Oc1ccc(-c2cc(=S)ss2)cc1CN1CCN(Cc2ccccc2)CC1. The lowest BCUT2D eigenvalue weighted by atomic mass is 10.1. The standard InChI is InChI=1S/C21H22N2OS3.ClH/c24-19-7-6-17(20-13-21(25)27-26-20)12-18(19)15-23-10-8-22(9-11-23)14-16-4-2-1-3-5-16;/h1-7,12-13,24H,8-11,14-15H2;1H. The molecule has 0 radical (unpaired) electrons. The van der Waals surface area contributed by atoms with E-state index < -0.39 is 0 Å². The second-order valence-electron chi connectivity index (χ2n) is 6.88. The molecule has 0 unspecified atom stereocenters. The van der Waals surface area contributed by atoms with E-state index in [0.29, 0.717) is 5.75 Å². The van der Waals surface area contributed by atoms with E-state index in [1.54, 1.807) is 20.7 Å². The van der Waals surface area contributed by atoms with Gasteiger partial charge in [-0.15, -0.1) is 12.4 Å². The van der Waals surface area contributed by atoms with Gasteiger partial charge < -0.3 is 5.11 Å². The molecule has 4 rings (SSSR count). The quantitative estimate of drug-likeness (QED) is 0.401. The topological polar surface area (TPSA) is 26.7 Å². The first-order valence-electron chi connectivity index (χ1n) is 9.08. The molecule has 3 aromatic rings. The highest BCUT2D eigenvalue weighted by Crippen LogP contribution is 2.32. The number of phenols is 1. The van der Waals surface area contributed by atoms with Gasteiger partial charge in [0.1, 0.15) is 9.57 Å². The van der Waals surface area contributed by atoms with E-state index in [0.717, 1.165) is 54.2 Å². The number of benzene rings is 2. The molecular formula is C21H23ClN2OS3. The molecule has 3 nitrogen and oxygen atoms in total. The molecular weight excluding hydrogens is 428 g/mol. The second-order valence-corrected chi connectivity index (χ2v) is 9.79. The third-order valence-electron chi connectivity index (χ3n) is 4.93. The number of hydrogen-bond donors (Lipinski definition) is 1. The largest absolute Gasteiger partial charge is 0.508 e. The third kappa shape index (κ3) is 5.41. The van der Waals surface area contributed by atoms with Crippen molar-refractivity contribution < 1.29 is 5.11 Å². The Bertz CT molecular complexity index is 950. The van der Waals surface area contributed by atoms with Crippen LogP contribution in [0.5, 0.6) is 5.75 Å². The maximum absolute atomic E-state index is 10.3. The lowest BCUT2D eigenvalue weighted by molar-refractivity contribution is 0.121. The first-order chi connectivity index (χ1) is 13.2. The Balaban J connectivity index is 0.00000225. The molecule has 28 heavy (non-hydrogen) atoms. The van der Waals surface area contributed by atoms with Gasteiger partial charge in [0.2, 0.25) is 0 Å². The van der Waals surface area contributed by atoms with Crippen LogP contribution in [0.2, 0.25) is 0 Å². The monoisotopic (exact) mass is 450 g/mol. The third-order valence-corrected chi connectivity index (χ3v) is 7.84. The molecule has 2 heterocycles. The number of nitrogens with zero attached hydrogens (tertiary/aromatic N) is 2. The summed E-state index contributed by atoms with van der Waals surface area (Å²) >= 11 is 5.25. The van der Waals surface area contributed by atoms with Crippen molar-refractivity contribution in [2.75, 3.05) is 26.2 Å². The van der Waals surface area contributed by atoms with E-state index in [4.69, 9.17) is 12.2 Å². The first-order valence-corrected chi connectivity index (χ1v) is 11.6. The fraction of sp³-hybridized carbons (Fsp3) is 0.286. The highest BCUT2D eigenvalue weighted by atomic mass is 35.5. The summed E-state index contributed by atoms with van der Waals surface area (Å²) in [6.07, 6.45) is 0. The van der Waals surface area contributed by atoms with Gasteiger partial charge in [-0.1, -0.05) is 63.2 Å². The first kappa shape index (κ1) is 21.4. The molecule has 2 aromatic carbocycles. The van der Waals surface area contributed by atoms with Crippen LogP contribution in [-0.4, -0.2) is 41.1 Å². The molecule has 7 heteroatoms. The van der Waals surface area contributed by atoms with Crippen molar-refractivity contribution in [3.63, 3.8) is 0 Å². The highest BCUT2D eigenvalue weighted by molar-refractivity contribution is 7.80. The Morgan fingerprint density at radius 2 is 1.54 bits per heavy atom. The number of rotatable bonds is 5. The fourth-order valence-corrected chi connectivity index (χ4v) is 5.82. The van der Waals surface area contributed by atoms with Gasteiger partial charge in [-0.05, 0) is 35.4 Å². The lowest BCUT2D eigenvalue weighted by Gasteiger charge is -2.34. The number of phenolic OH excluding ortho intramolecular Hbond substituents is 1. The molecule has 0 spiro atoms. The Morgan fingerprint density at radius 3 is 2.18 bits per heavy atom. The van der Waals surface area contributed by atoms with Gasteiger partial charge in [0.15, 0.2) is 0 Å². The molecule has 0 amide bonds. The van der Waals surface area contributed by atoms with Crippen LogP contribution in [0.25, 0.3) is 10.4 Å². The van der Waals surface area contributed by atoms with Gasteiger partial charge in [-0.2, -0.15) is 0 Å². The molecule has 0 saturated carbocycles. The molecule has 1 saturated heterocycles. The zero-order chi connectivity index (χ0) is 18.6. The summed E-state index contributed by atoms with van der Waals surface area (Å²) in [4.78, 5) is 6.11. The van der Waals surface area contributed by atoms with E-state index in [9.17, 15) is 5.11 Å². The molecule has 0 aliphatic carbocycles. The Labute approximate surface area is 184 Å². The average molecular weight is 451 g/mol. The molecule has 0 bridgehead atoms. The highest BCUT2D eigenvalue weighted by Gasteiger charge is 2.18. The van der Waals surface area contributed by atoms with Crippen LogP contribution in [0.1, 0.15) is 11.1 Å². The van der Waals surface area contributed by atoms with Crippen LogP contribution >= 0.6 is 45.3 Å². The fourth-order valence-electron chi connectivity index (χ4n) is 3.43. The van der Waals surface area contributed by atoms with E-state index in [1.807, 2.05) is 18.2 Å². The summed E-state index contributed by atoms with van der Waals surface area (Å²) in [6.45, 7) is 5.96. The molecule has 1 aliphatic heterocycles. The van der Waals surface area contributed by atoms with Crippen molar-refractivity contribution in [2.24, 2.45) is 0 Å². The van der Waals surface area contributed by atoms with Gasteiger partial charge in [-0.25, -0.2) is 0 Å². The maximum atomic E-state index is 10.3. The summed E-state index contributed by atoms with van der Waals surface area (Å²) in [5.41, 5.74) is 3.51. The number of hydrogen-bond acceptors (Lipinski definition) is 6. The van der Waals surface area contributed by atoms with E-state index in [2.05, 4.69) is 46.2 Å². The molecule has 1 aliphatic rings. The number of aromatic hydroxyl groups is 1. The molecule has 148 valence electrons. The van der Waals surface area contributed by atoms with E-state index in [-0.39, 0.29) is 12.4 Å². The Morgan fingerprint density at radius 1 is 0.857 bits per heavy atom. The molecule has 1 N–H and O–H groups in total. The summed E-state index contributed by atoms with van der Waals surface area (Å²) in [5, 5.41) is 10.3. The minimum Gasteiger partial charge on any atom is -0.508 e. The van der Waals surface area contributed by atoms with Gasteiger partial charge in [0.05, 0.1) is 0 Å². The van der Waals surface area contributed by atoms with Crippen LogP contribution in [0.4, 0.5) is 0 Å². The summed E-state index contributed by atoms with van der Waals surface area (Å²) < 4.78 is 0.916. The van der Waals surface area contributed by atoms with Gasteiger partial charge in [0.25, 0.3) is 0 Å². The van der Waals surface area contributed by atoms with Gasteiger partial charge >= 0.3 is 0 Å².